The summed E-state index contributed by atoms with van der Waals surface area (Å²) in [5, 5.41) is 4.30. The molecule has 0 amide bonds. The number of pyridine rings is 1. The van der Waals surface area contributed by atoms with E-state index in [1.165, 1.54) is 12.8 Å². The Balaban J connectivity index is 1.37. The molecule has 0 atom stereocenters. The average Bonchev–Trinajstić information content (AvgIpc) is 3.42. The van der Waals surface area contributed by atoms with Gasteiger partial charge >= 0.3 is 0 Å². The summed E-state index contributed by atoms with van der Waals surface area (Å²) < 4.78 is 6.01. The number of ether oxygens (including phenoxy) is 1. The van der Waals surface area contributed by atoms with Crippen molar-refractivity contribution in [3.8, 4) is 0 Å². The van der Waals surface area contributed by atoms with Crippen LogP contribution in [0.15, 0.2) is 12.4 Å². The maximum absolute atomic E-state index is 6.01. The number of hydrogen-bond acceptors (Lipinski definition) is 6. The van der Waals surface area contributed by atoms with Crippen LogP contribution in [0.1, 0.15) is 38.5 Å². The highest BCUT2D eigenvalue weighted by Crippen LogP contribution is 2.31. The predicted octanol–water partition coefficient (Wildman–Crippen LogP) is 1.02. The van der Waals surface area contributed by atoms with E-state index in [1.807, 2.05) is 7.85 Å². The van der Waals surface area contributed by atoms with E-state index in [4.69, 9.17) is 10.5 Å². The van der Waals surface area contributed by atoms with Crippen molar-refractivity contribution < 1.29 is 4.74 Å². The molecule has 2 heterocycles. The first-order valence-electron chi connectivity index (χ1n) is 8.95. The van der Waals surface area contributed by atoms with Crippen molar-refractivity contribution in [1.29, 1.82) is 0 Å². The highest BCUT2D eigenvalue weighted by atomic mass is 16.5. The fourth-order valence-electron chi connectivity index (χ4n) is 3.35. The molecule has 0 unspecified atom stereocenters. The Morgan fingerprint density at radius 1 is 1.12 bits per heavy atom. The first-order chi connectivity index (χ1) is 11.7. The quantitative estimate of drug-likeness (QED) is 0.798. The summed E-state index contributed by atoms with van der Waals surface area (Å²) in [5.74, 6) is 2.01. The van der Waals surface area contributed by atoms with E-state index >= 15 is 0 Å². The Hall–Kier alpha value is -1.89. The Kier molecular flexibility index (Phi) is 4.27. The maximum Gasteiger partial charge on any atom is 0.223 e. The third-order valence-corrected chi connectivity index (χ3v) is 5.11. The second-order valence-electron chi connectivity index (χ2n) is 7.18. The summed E-state index contributed by atoms with van der Waals surface area (Å²) in [6, 6.07) is 0.419. The third-order valence-electron chi connectivity index (χ3n) is 5.11. The van der Waals surface area contributed by atoms with Gasteiger partial charge in [0, 0.05) is 25.0 Å². The van der Waals surface area contributed by atoms with Crippen LogP contribution in [0.25, 0.3) is 10.9 Å². The van der Waals surface area contributed by atoms with E-state index in [2.05, 4.69) is 20.3 Å². The lowest BCUT2D eigenvalue weighted by Gasteiger charge is -2.29. The van der Waals surface area contributed by atoms with Crippen LogP contribution < -0.4 is 16.5 Å². The highest BCUT2D eigenvalue weighted by molar-refractivity contribution is 6.38. The Bertz CT molecular complexity index is 728. The second-order valence-corrected chi connectivity index (χ2v) is 7.18. The topological polar surface area (TPSA) is 86.0 Å². The summed E-state index contributed by atoms with van der Waals surface area (Å²) in [5.41, 5.74) is 7.80. The lowest BCUT2D eigenvalue weighted by molar-refractivity contribution is 0.0203. The third kappa shape index (κ3) is 3.46. The van der Waals surface area contributed by atoms with Crippen LogP contribution in [-0.4, -0.2) is 41.6 Å². The number of nitrogens with one attached hydrogen (secondary N) is 1. The smallest absolute Gasteiger partial charge is 0.223 e. The molecule has 126 valence electrons. The fourth-order valence-corrected chi connectivity index (χ4v) is 3.35. The molecule has 0 bridgehead atoms. The number of fused-ring (bicyclic) bond motifs is 1. The Morgan fingerprint density at radius 2 is 1.92 bits per heavy atom. The lowest BCUT2D eigenvalue weighted by Crippen LogP contribution is -2.30. The molecular formula is C17H24BN5O. The minimum absolute atomic E-state index is 0.419. The molecule has 0 radical (unpaired) electrons. The van der Waals surface area contributed by atoms with E-state index in [0.717, 1.165) is 54.6 Å². The molecule has 0 aliphatic heterocycles. The van der Waals surface area contributed by atoms with E-state index in [0.29, 0.717) is 23.9 Å². The van der Waals surface area contributed by atoms with Gasteiger partial charge in [0.25, 0.3) is 0 Å². The summed E-state index contributed by atoms with van der Waals surface area (Å²) in [4.78, 5) is 13.2. The molecule has 3 N–H and O–H groups in total. The first-order valence-corrected chi connectivity index (χ1v) is 8.95. The van der Waals surface area contributed by atoms with Gasteiger partial charge in [-0.1, -0.05) is 0 Å². The van der Waals surface area contributed by atoms with Crippen LogP contribution in [0.2, 0.25) is 0 Å². The van der Waals surface area contributed by atoms with Crippen LogP contribution in [-0.2, 0) is 4.74 Å². The summed E-state index contributed by atoms with van der Waals surface area (Å²) >= 11 is 0. The maximum atomic E-state index is 6.01. The van der Waals surface area contributed by atoms with E-state index < -0.39 is 0 Å². The minimum atomic E-state index is 0.419. The zero-order valence-electron chi connectivity index (χ0n) is 14.2. The molecule has 2 fully saturated rings. The molecule has 2 aromatic rings. The van der Waals surface area contributed by atoms with E-state index in [-0.39, 0.29) is 0 Å². The van der Waals surface area contributed by atoms with Crippen molar-refractivity contribution in [2.45, 2.75) is 50.7 Å². The lowest BCUT2D eigenvalue weighted by atomic mass is 9.93. The fraction of sp³-hybridized carbons (Fsp3) is 0.588. The molecule has 0 aromatic carbocycles. The zero-order chi connectivity index (χ0) is 16.5. The van der Waals surface area contributed by atoms with E-state index in [1.54, 1.807) is 12.4 Å². The summed E-state index contributed by atoms with van der Waals surface area (Å²) in [6.45, 7) is 0.964. The summed E-state index contributed by atoms with van der Waals surface area (Å²) in [7, 11) is 1.99. The van der Waals surface area contributed by atoms with Crippen molar-refractivity contribution >= 4 is 36.0 Å². The highest BCUT2D eigenvalue weighted by Gasteiger charge is 2.26. The van der Waals surface area contributed by atoms with Crippen LogP contribution in [0.3, 0.4) is 0 Å². The van der Waals surface area contributed by atoms with Crippen molar-refractivity contribution in [3.05, 3.63) is 12.4 Å². The second kappa shape index (κ2) is 6.55. The van der Waals surface area contributed by atoms with Crippen LogP contribution >= 0.6 is 0 Å². The zero-order valence-corrected chi connectivity index (χ0v) is 14.2. The number of hydrogen-bond donors (Lipinski definition) is 2. The molecule has 2 aliphatic carbocycles. The molecule has 0 saturated heterocycles. The summed E-state index contributed by atoms with van der Waals surface area (Å²) in [6.07, 6.45) is 11.1. The number of nitrogen functional groups attached to an aromatic ring is 1. The molecule has 0 spiro atoms. The van der Waals surface area contributed by atoms with Crippen LogP contribution in [0, 0.1) is 5.92 Å². The van der Waals surface area contributed by atoms with Gasteiger partial charge in [-0.05, 0) is 49.9 Å². The van der Waals surface area contributed by atoms with Gasteiger partial charge < -0.3 is 15.8 Å². The first kappa shape index (κ1) is 15.6. The van der Waals surface area contributed by atoms with Gasteiger partial charge in [0.15, 0.2) is 0 Å². The van der Waals surface area contributed by atoms with Crippen molar-refractivity contribution in [2.75, 3.05) is 17.7 Å². The van der Waals surface area contributed by atoms with Crippen LogP contribution in [0.5, 0.6) is 0 Å². The van der Waals surface area contributed by atoms with Crippen molar-refractivity contribution in [2.24, 2.45) is 5.92 Å². The van der Waals surface area contributed by atoms with Crippen molar-refractivity contribution in [3.63, 3.8) is 0 Å². The average molecular weight is 325 g/mol. The SMILES string of the molecule is Bc1cnc(N)c2cnc(N[C@H]3CC[C@H](OCC4CC4)CC3)nc12. The largest absolute Gasteiger partial charge is 0.383 e. The molecule has 2 saturated carbocycles. The van der Waals surface area contributed by atoms with Gasteiger partial charge in [0.2, 0.25) is 5.95 Å². The normalized spacial score (nSPS) is 24.2. The minimum Gasteiger partial charge on any atom is -0.383 e. The van der Waals surface area contributed by atoms with Gasteiger partial charge in [-0.15, -0.1) is 0 Å². The van der Waals surface area contributed by atoms with Gasteiger partial charge in [0.05, 0.1) is 17.0 Å². The van der Waals surface area contributed by atoms with Gasteiger partial charge in [-0.2, -0.15) is 0 Å². The standard InChI is InChI=1S/C17H24BN5O/c18-14-8-20-16(19)13-7-21-17(23-15(13)14)22-11-3-5-12(6-4-11)24-9-10-1-2-10/h7-8,10-12H,1-6,9,18H2,(H2,19,20)(H,21,22,23)/t11-,12-. The molecule has 4 rings (SSSR count). The predicted molar refractivity (Wildman–Crippen MR) is 98.3 cm³/mol. The number of nitrogens with zero attached hydrogens (tertiary/aromatic N) is 3. The Labute approximate surface area is 143 Å². The molecule has 6 nitrogen and oxygen atoms in total. The van der Waals surface area contributed by atoms with E-state index in [9.17, 15) is 0 Å². The number of nitrogens with two attached hydrogens (primary N) is 1. The Morgan fingerprint density at radius 3 is 2.67 bits per heavy atom. The van der Waals surface area contributed by atoms with Gasteiger partial charge in [-0.3, -0.25) is 0 Å². The number of rotatable bonds is 5. The number of aromatic nitrogens is 3. The van der Waals surface area contributed by atoms with Crippen molar-refractivity contribution in [1.82, 2.24) is 15.0 Å². The van der Waals surface area contributed by atoms with Gasteiger partial charge in [0.1, 0.15) is 13.7 Å². The molecule has 24 heavy (non-hydrogen) atoms. The van der Waals surface area contributed by atoms with Crippen LogP contribution in [0.4, 0.5) is 11.8 Å². The monoisotopic (exact) mass is 325 g/mol. The molecular weight excluding hydrogens is 301 g/mol. The molecule has 2 aliphatic rings. The van der Waals surface area contributed by atoms with Gasteiger partial charge in [-0.25, -0.2) is 15.0 Å². The molecule has 2 aromatic heterocycles. The molecule has 7 heteroatoms. The number of anilines is 2.